The minimum atomic E-state index is -1.08. The number of aromatic nitrogens is 2. The molecular weight excluding hydrogens is 624 g/mol. The Kier molecular flexibility index (Phi) is 11.5. The molecule has 2 aliphatic rings. The maximum absolute atomic E-state index is 13.9. The predicted octanol–water partition coefficient (Wildman–Crippen LogP) is 1.92. The van der Waals surface area contributed by atoms with Gasteiger partial charge < -0.3 is 29.9 Å². The largest absolute Gasteiger partial charge is 0.379 e. The molecule has 14 heteroatoms. The van der Waals surface area contributed by atoms with Gasteiger partial charge in [-0.05, 0) is 24.8 Å². The van der Waals surface area contributed by atoms with Gasteiger partial charge in [-0.1, -0.05) is 49.3 Å². The smallest absolute Gasteiger partial charge is 0.274 e. The molecule has 3 N–H and O–H groups in total. The van der Waals surface area contributed by atoms with Crippen LogP contribution in [-0.2, 0) is 43.2 Å². The summed E-state index contributed by atoms with van der Waals surface area (Å²) in [6, 6.07) is 7.92. The SMILES string of the molecule is CC(C)C[C@H](NC(=O)[C@H](Cc1ccccc1)NC(=O)[C@H](Cc1cscn1)NC(=O)c1cc(CN2CCOCC2)on1)C(=O)[C@@]1(C)CO1. The van der Waals surface area contributed by atoms with Gasteiger partial charge in [0.25, 0.3) is 5.91 Å². The van der Waals surface area contributed by atoms with E-state index >= 15 is 0 Å². The molecule has 2 aromatic heterocycles. The Morgan fingerprint density at radius 2 is 1.66 bits per heavy atom. The topological polar surface area (TPSA) is 168 Å². The fraction of sp³-hybridized carbons (Fsp3) is 0.515. The minimum absolute atomic E-state index is 0.0359. The summed E-state index contributed by atoms with van der Waals surface area (Å²) in [6.07, 6.45) is 0.674. The van der Waals surface area contributed by atoms with Gasteiger partial charge in [-0.3, -0.25) is 24.1 Å². The Balaban J connectivity index is 1.32. The second kappa shape index (κ2) is 15.7. The van der Waals surface area contributed by atoms with E-state index in [4.69, 9.17) is 14.0 Å². The van der Waals surface area contributed by atoms with Gasteiger partial charge in [0.15, 0.2) is 17.2 Å². The molecular formula is C33H42N6O7S. The van der Waals surface area contributed by atoms with Crippen molar-refractivity contribution in [3.05, 3.63) is 70.0 Å². The number of carbonyl (C=O) groups excluding carboxylic acids is 4. The molecule has 1 aromatic carbocycles. The van der Waals surface area contributed by atoms with Crippen molar-refractivity contribution < 1.29 is 33.2 Å². The standard InChI is InChI=1S/C33H42N6O7S/c1-21(2)13-25(29(40)33(3)19-45-33)35-30(41)26(14-22-7-5-4-6-8-22)36-31(42)27(15-23-18-47-20-34-23)37-32(43)28-16-24(46-38-28)17-39-9-11-44-12-10-39/h4-8,16,18,20-21,25-27H,9-15,17,19H2,1-3H3,(H,35,41)(H,36,42)(H,37,43)/t25-,26-,27-,33+/m0/s1. The molecule has 0 saturated carbocycles. The van der Waals surface area contributed by atoms with Crippen molar-refractivity contribution in [2.45, 2.75) is 70.3 Å². The molecule has 3 amide bonds. The van der Waals surface area contributed by atoms with E-state index < -0.39 is 41.4 Å². The Morgan fingerprint density at radius 3 is 2.30 bits per heavy atom. The summed E-state index contributed by atoms with van der Waals surface area (Å²) in [4.78, 5) is 60.7. The number of ketones is 1. The summed E-state index contributed by atoms with van der Waals surface area (Å²) in [5.41, 5.74) is 2.18. The third-order valence-electron chi connectivity index (χ3n) is 8.15. The highest BCUT2D eigenvalue weighted by Crippen LogP contribution is 2.29. The van der Waals surface area contributed by atoms with Crippen LogP contribution < -0.4 is 16.0 Å². The highest BCUT2D eigenvalue weighted by Gasteiger charge is 2.50. The molecule has 2 fully saturated rings. The molecule has 3 aromatic rings. The van der Waals surface area contributed by atoms with Crippen LogP contribution in [0.3, 0.4) is 0 Å². The molecule has 4 heterocycles. The molecule has 5 rings (SSSR count). The number of ether oxygens (including phenoxy) is 2. The molecule has 0 bridgehead atoms. The number of amides is 3. The molecule has 0 spiro atoms. The normalized spacial score (nSPS) is 19.8. The van der Waals surface area contributed by atoms with Crippen LogP contribution in [0.15, 0.2) is 51.8 Å². The van der Waals surface area contributed by atoms with Crippen molar-refractivity contribution in [2.24, 2.45) is 5.92 Å². The van der Waals surface area contributed by atoms with E-state index in [1.807, 2.05) is 44.2 Å². The third-order valence-corrected chi connectivity index (χ3v) is 8.78. The molecule has 13 nitrogen and oxygen atoms in total. The summed E-state index contributed by atoms with van der Waals surface area (Å²) in [7, 11) is 0. The number of nitrogens with zero attached hydrogens (tertiary/aromatic N) is 3. The van der Waals surface area contributed by atoms with Crippen LogP contribution in [0.1, 0.15) is 54.7 Å². The van der Waals surface area contributed by atoms with Gasteiger partial charge in [-0.15, -0.1) is 11.3 Å². The maximum atomic E-state index is 13.9. The highest BCUT2D eigenvalue weighted by molar-refractivity contribution is 7.07. The first kappa shape index (κ1) is 34.4. The van der Waals surface area contributed by atoms with E-state index in [1.54, 1.807) is 23.9 Å². The van der Waals surface area contributed by atoms with Gasteiger partial charge in [0, 0.05) is 37.4 Å². The van der Waals surface area contributed by atoms with Crippen molar-refractivity contribution >= 4 is 34.8 Å². The number of nitrogens with one attached hydrogen (secondary N) is 3. The van der Waals surface area contributed by atoms with Gasteiger partial charge in [-0.25, -0.2) is 4.98 Å². The highest BCUT2D eigenvalue weighted by atomic mass is 32.1. The van der Waals surface area contributed by atoms with E-state index in [0.717, 1.165) is 18.7 Å². The number of carbonyl (C=O) groups is 4. The Labute approximate surface area is 277 Å². The molecule has 0 aliphatic carbocycles. The average molecular weight is 667 g/mol. The summed E-state index contributed by atoms with van der Waals surface area (Å²) >= 11 is 1.37. The second-order valence-corrected chi connectivity index (χ2v) is 13.3. The lowest BCUT2D eigenvalue weighted by Gasteiger charge is -2.26. The molecule has 2 aliphatic heterocycles. The maximum Gasteiger partial charge on any atom is 0.274 e. The van der Waals surface area contributed by atoms with Crippen LogP contribution in [-0.4, -0.2) is 95.2 Å². The summed E-state index contributed by atoms with van der Waals surface area (Å²) in [5.74, 6) is -1.23. The molecule has 2 saturated heterocycles. The van der Waals surface area contributed by atoms with E-state index in [1.165, 1.54) is 11.3 Å². The van der Waals surface area contributed by atoms with Gasteiger partial charge >= 0.3 is 0 Å². The average Bonchev–Trinajstić information content (AvgIpc) is 3.39. The number of hydrogen-bond acceptors (Lipinski definition) is 11. The van der Waals surface area contributed by atoms with Crippen molar-refractivity contribution in [1.82, 2.24) is 31.0 Å². The Hall–Kier alpha value is -3.98. The van der Waals surface area contributed by atoms with Crippen LogP contribution in [0.2, 0.25) is 0 Å². The number of benzene rings is 1. The van der Waals surface area contributed by atoms with Gasteiger partial charge in [-0.2, -0.15) is 0 Å². The minimum Gasteiger partial charge on any atom is -0.379 e. The van der Waals surface area contributed by atoms with Crippen LogP contribution in [0.5, 0.6) is 0 Å². The first-order chi connectivity index (χ1) is 22.6. The molecule has 0 radical (unpaired) electrons. The van der Waals surface area contributed by atoms with Crippen LogP contribution in [0.4, 0.5) is 0 Å². The van der Waals surface area contributed by atoms with Crippen molar-refractivity contribution in [1.29, 1.82) is 0 Å². The molecule has 252 valence electrons. The van der Waals surface area contributed by atoms with Crippen LogP contribution in [0, 0.1) is 5.92 Å². The number of rotatable bonds is 16. The van der Waals surface area contributed by atoms with Gasteiger partial charge in [0.05, 0.1) is 43.6 Å². The van der Waals surface area contributed by atoms with Gasteiger partial charge in [0.1, 0.15) is 17.7 Å². The van der Waals surface area contributed by atoms with E-state index in [9.17, 15) is 19.2 Å². The second-order valence-electron chi connectivity index (χ2n) is 12.6. The zero-order valence-corrected chi connectivity index (χ0v) is 27.7. The molecule has 0 unspecified atom stereocenters. The zero-order valence-electron chi connectivity index (χ0n) is 26.9. The van der Waals surface area contributed by atoms with Crippen molar-refractivity contribution in [3.63, 3.8) is 0 Å². The van der Waals surface area contributed by atoms with Gasteiger partial charge in [0.2, 0.25) is 11.8 Å². The number of epoxide rings is 1. The number of Topliss-reactive ketones (excluding diaryl/α,β-unsaturated/α-hetero) is 1. The van der Waals surface area contributed by atoms with E-state index in [-0.39, 0.29) is 30.2 Å². The van der Waals surface area contributed by atoms with Crippen molar-refractivity contribution in [3.8, 4) is 0 Å². The fourth-order valence-corrected chi connectivity index (χ4v) is 5.96. The lowest BCUT2D eigenvalue weighted by molar-refractivity contribution is -0.133. The van der Waals surface area contributed by atoms with Crippen LogP contribution in [0.25, 0.3) is 0 Å². The molecule has 4 atom stereocenters. The lowest BCUT2D eigenvalue weighted by Crippen LogP contribution is -2.57. The zero-order chi connectivity index (χ0) is 33.4. The summed E-state index contributed by atoms with van der Waals surface area (Å²) < 4.78 is 16.2. The first-order valence-corrected chi connectivity index (χ1v) is 16.8. The summed E-state index contributed by atoms with van der Waals surface area (Å²) in [6.45, 7) is 9.18. The Bertz CT molecular complexity index is 1500. The summed E-state index contributed by atoms with van der Waals surface area (Å²) in [5, 5.41) is 14.2. The van der Waals surface area contributed by atoms with Crippen molar-refractivity contribution in [2.75, 3.05) is 32.9 Å². The van der Waals surface area contributed by atoms with Crippen LogP contribution >= 0.6 is 11.3 Å². The van der Waals surface area contributed by atoms with E-state index in [2.05, 4.69) is 31.0 Å². The monoisotopic (exact) mass is 666 g/mol. The predicted molar refractivity (Wildman–Crippen MR) is 172 cm³/mol. The third kappa shape index (κ3) is 9.76. The first-order valence-electron chi connectivity index (χ1n) is 15.9. The van der Waals surface area contributed by atoms with E-state index in [0.29, 0.717) is 44.2 Å². The quantitative estimate of drug-likeness (QED) is 0.192. The number of hydrogen-bond donors (Lipinski definition) is 3. The Morgan fingerprint density at radius 1 is 0.979 bits per heavy atom. The lowest BCUT2D eigenvalue weighted by atomic mass is 9.93. The fourth-order valence-electron chi connectivity index (χ4n) is 5.39. The number of thiazole rings is 1. The molecule has 47 heavy (non-hydrogen) atoms. The number of morpholine rings is 1.